The lowest BCUT2D eigenvalue weighted by Crippen LogP contribution is -2.52. The number of carbonyl (C=O) groups excluding carboxylic acids is 1. The standard InChI is InChI=1S/C18H27N3O6/c1-12-10-20(17(22)27-18(2,3)4)11-13(26-12)9-19-16-14(21(23)24)7-6-8-15(16)25-5/h6-8,12-13,19H,9-11H2,1-5H3/t12-,13?/m0/s1. The van der Waals surface area contributed by atoms with Crippen LogP contribution in [-0.2, 0) is 9.47 Å². The molecule has 150 valence electrons. The lowest BCUT2D eigenvalue weighted by Gasteiger charge is -2.37. The molecule has 0 saturated carbocycles. The number of benzene rings is 1. The third-order valence-corrected chi connectivity index (χ3v) is 3.91. The third-order valence-electron chi connectivity index (χ3n) is 3.91. The lowest BCUT2D eigenvalue weighted by molar-refractivity contribution is -0.384. The van der Waals surface area contributed by atoms with Crippen LogP contribution in [0.25, 0.3) is 0 Å². The molecular weight excluding hydrogens is 354 g/mol. The molecule has 1 aromatic carbocycles. The number of nitro benzene ring substituents is 1. The highest BCUT2D eigenvalue weighted by Gasteiger charge is 2.31. The second-order valence-corrected chi connectivity index (χ2v) is 7.45. The highest BCUT2D eigenvalue weighted by molar-refractivity contribution is 5.70. The first-order chi connectivity index (χ1) is 12.6. The van der Waals surface area contributed by atoms with Gasteiger partial charge in [-0.3, -0.25) is 10.1 Å². The van der Waals surface area contributed by atoms with Gasteiger partial charge in [0.05, 0.1) is 37.3 Å². The Hall–Kier alpha value is -2.55. The first kappa shape index (κ1) is 20.8. The van der Waals surface area contributed by atoms with Crippen molar-refractivity contribution in [2.24, 2.45) is 0 Å². The van der Waals surface area contributed by atoms with Crippen LogP contribution in [0.2, 0.25) is 0 Å². The van der Waals surface area contributed by atoms with Crippen LogP contribution < -0.4 is 10.1 Å². The molecule has 27 heavy (non-hydrogen) atoms. The van der Waals surface area contributed by atoms with Gasteiger partial charge in [0, 0.05) is 12.6 Å². The molecule has 1 aliphatic rings. The van der Waals surface area contributed by atoms with E-state index < -0.39 is 16.6 Å². The van der Waals surface area contributed by atoms with Crippen LogP contribution in [0.4, 0.5) is 16.2 Å². The zero-order valence-corrected chi connectivity index (χ0v) is 16.4. The number of carbonyl (C=O) groups is 1. The van der Waals surface area contributed by atoms with E-state index in [0.29, 0.717) is 18.8 Å². The predicted octanol–water partition coefficient (Wildman–Crippen LogP) is 3.04. The van der Waals surface area contributed by atoms with E-state index in [4.69, 9.17) is 14.2 Å². The quantitative estimate of drug-likeness (QED) is 0.617. The van der Waals surface area contributed by atoms with Gasteiger partial charge in [-0.2, -0.15) is 0 Å². The van der Waals surface area contributed by atoms with Crippen molar-refractivity contribution in [2.75, 3.05) is 32.1 Å². The number of amides is 1. The summed E-state index contributed by atoms with van der Waals surface area (Å²) in [6.45, 7) is 8.35. The summed E-state index contributed by atoms with van der Waals surface area (Å²) < 4.78 is 16.5. The Balaban J connectivity index is 2.07. The van der Waals surface area contributed by atoms with Gasteiger partial charge in [0.25, 0.3) is 5.69 Å². The van der Waals surface area contributed by atoms with Crippen molar-refractivity contribution in [1.82, 2.24) is 4.90 Å². The average Bonchev–Trinajstić information content (AvgIpc) is 2.57. The van der Waals surface area contributed by atoms with E-state index in [1.54, 1.807) is 17.0 Å². The molecule has 9 nitrogen and oxygen atoms in total. The number of ether oxygens (including phenoxy) is 3. The predicted molar refractivity (Wildman–Crippen MR) is 100 cm³/mol. The summed E-state index contributed by atoms with van der Waals surface area (Å²) >= 11 is 0. The first-order valence-corrected chi connectivity index (χ1v) is 8.79. The van der Waals surface area contributed by atoms with Crippen LogP contribution in [0.1, 0.15) is 27.7 Å². The van der Waals surface area contributed by atoms with Gasteiger partial charge >= 0.3 is 6.09 Å². The number of morpholine rings is 1. The molecule has 1 fully saturated rings. The second kappa shape index (κ2) is 8.43. The van der Waals surface area contributed by atoms with Crippen LogP contribution in [0.5, 0.6) is 5.75 Å². The van der Waals surface area contributed by atoms with Crippen LogP contribution in [0, 0.1) is 10.1 Å². The maximum absolute atomic E-state index is 12.3. The smallest absolute Gasteiger partial charge is 0.410 e. The van der Waals surface area contributed by atoms with Crippen molar-refractivity contribution in [2.45, 2.75) is 45.5 Å². The number of nitro groups is 1. The SMILES string of the molecule is COc1cccc([N+](=O)[O-])c1NCC1CN(C(=O)OC(C)(C)C)C[C@H](C)O1. The van der Waals surface area contributed by atoms with Gasteiger partial charge in [0.1, 0.15) is 11.4 Å². The van der Waals surface area contributed by atoms with Gasteiger partial charge in [-0.25, -0.2) is 4.79 Å². The van der Waals surface area contributed by atoms with Crippen molar-refractivity contribution in [1.29, 1.82) is 0 Å². The molecule has 0 bridgehead atoms. The Labute approximate surface area is 158 Å². The zero-order chi connectivity index (χ0) is 20.2. The fourth-order valence-electron chi connectivity index (χ4n) is 2.87. The Morgan fingerprint density at radius 1 is 1.41 bits per heavy atom. The van der Waals surface area contributed by atoms with Crippen LogP contribution in [0.15, 0.2) is 18.2 Å². The highest BCUT2D eigenvalue weighted by Crippen LogP contribution is 2.34. The highest BCUT2D eigenvalue weighted by atomic mass is 16.6. The van der Waals surface area contributed by atoms with Gasteiger partial charge in [-0.1, -0.05) is 6.07 Å². The number of nitrogens with one attached hydrogen (secondary N) is 1. The number of hydrogen-bond acceptors (Lipinski definition) is 7. The fraction of sp³-hybridized carbons (Fsp3) is 0.611. The molecule has 0 spiro atoms. The molecule has 1 heterocycles. The van der Waals surface area contributed by atoms with Crippen LogP contribution in [-0.4, -0.2) is 60.5 Å². The molecule has 9 heteroatoms. The molecule has 1 amide bonds. The minimum atomic E-state index is -0.579. The Morgan fingerprint density at radius 3 is 2.70 bits per heavy atom. The molecule has 1 N–H and O–H groups in total. The summed E-state index contributed by atoms with van der Waals surface area (Å²) in [7, 11) is 1.45. The largest absolute Gasteiger partial charge is 0.494 e. The van der Waals surface area contributed by atoms with Crippen LogP contribution in [0.3, 0.4) is 0 Å². The van der Waals surface area contributed by atoms with Gasteiger partial charge in [0.15, 0.2) is 5.69 Å². The first-order valence-electron chi connectivity index (χ1n) is 8.79. The number of para-hydroxylation sites is 1. The van der Waals surface area contributed by atoms with E-state index in [0.717, 1.165) is 0 Å². The number of rotatable bonds is 5. The minimum Gasteiger partial charge on any atom is -0.494 e. The molecule has 0 aromatic heterocycles. The lowest BCUT2D eigenvalue weighted by atomic mass is 10.2. The van der Waals surface area contributed by atoms with Gasteiger partial charge < -0.3 is 24.4 Å². The van der Waals surface area contributed by atoms with Crippen LogP contribution >= 0.6 is 0 Å². The van der Waals surface area contributed by atoms with E-state index in [1.165, 1.54) is 13.2 Å². The van der Waals surface area contributed by atoms with E-state index >= 15 is 0 Å². The zero-order valence-electron chi connectivity index (χ0n) is 16.4. The molecule has 0 aliphatic carbocycles. The van der Waals surface area contributed by atoms with Gasteiger partial charge in [-0.05, 0) is 33.8 Å². The summed E-state index contributed by atoms with van der Waals surface area (Å²) in [5.41, 5.74) is -0.373. The number of anilines is 1. The summed E-state index contributed by atoms with van der Waals surface area (Å²) in [6.07, 6.45) is -0.914. The van der Waals surface area contributed by atoms with Crippen molar-refractivity contribution in [3.63, 3.8) is 0 Å². The van der Waals surface area contributed by atoms with Crippen molar-refractivity contribution >= 4 is 17.5 Å². The van der Waals surface area contributed by atoms with E-state index in [1.807, 2.05) is 27.7 Å². The van der Waals surface area contributed by atoms with E-state index in [2.05, 4.69) is 5.32 Å². The number of nitrogens with zero attached hydrogens (tertiary/aromatic N) is 2. The summed E-state index contributed by atoms with van der Waals surface area (Å²) in [5.74, 6) is 0.372. The molecule has 0 radical (unpaired) electrons. The maximum atomic E-state index is 12.3. The maximum Gasteiger partial charge on any atom is 0.410 e. The molecule has 1 aromatic rings. The monoisotopic (exact) mass is 381 g/mol. The Bertz CT molecular complexity index is 688. The number of methoxy groups -OCH3 is 1. The molecule has 2 rings (SSSR count). The number of hydrogen-bond donors (Lipinski definition) is 1. The average molecular weight is 381 g/mol. The van der Waals surface area contributed by atoms with Gasteiger partial charge in [0.2, 0.25) is 0 Å². The normalized spacial score (nSPS) is 20.1. The summed E-state index contributed by atoms with van der Waals surface area (Å²) in [4.78, 5) is 24.7. The third kappa shape index (κ3) is 5.72. The minimum absolute atomic E-state index is 0.0813. The van der Waals surface area contributed by atoms with E-state index in [-0.39, 0.29) is 30.1 Å². The molecule has 1 unspecified atom stereocenters. The summed E-state index contributed by atoms with van der Waals surface area (Å²) in [6, 6.07) is 4.61. The molecule has 2 atom stereocenters. The molecule has 1 saturated heterocycles. The topological polar surface area (TPSA) is 103 Å². The second-order valence-electron chi connectivity index (χ2n) is 7.45. The Kier molecular flexibility index (Phi) is 6.48. The van der Waals surface area contributed by atoms with Gasteiger partial charge in [-0.15, -0.1) is 0 Å². The van der Waals surface area contributed by atoms with E-state index in [9.17, 15) is 14.9 Å². The summed E-state index contributed by atoms with van der Waals surface area (Å²) in [5, 5.41) is 14.3. The molecular formula is C18H27N3O6. The van der Waals surface area contributed by atoms with Crippen molar-refractivity contribution < 1.29 is 23.9 Å². The van der Waals surface area contributed by atoms with Crippen molar-refractivity contribution in [3.8, 4) is 5.75 Å². The molecule has 1 aliphatic heterocycles. The Morgan fingerprint density at radius 2 is 2.11 bits per heavy atom. The van der Waals surface area contributed by atoms with Crippen molar-refractivity contribution in [3.05, 3.63) is 28.3 Å². The fourth-order valence-corrected chi connectivity index (χ4v) is 2.87.